The third-order valence-electron chi connectivity index (χ3n) is 3.10. The molecule has 0 radical (unpaired) electrons. The maximum absolute atomic E-state index is 10.7. The van der Waals surface area contributed by atoms with Gasteiger partial charge in [-0.2, -0.15) is 5.10 Å². The van der Waals surface area contributed by atoms with Gasteiger partial charge >= 0.3 is 0 Å². The Morgan fingerprint density at radius 3 is 2.43 bits per heavy atom. The number of para-hydroxylation sites is 1. The number of benzene rings is 2. The molecular formula is C15H10ClN3O2. The predicted octanol–water partition coefficient (Wildman–Crippen LogP) is 4.10. The highest BCUT2D eigenvalue weighted by Gasteiger charge is 2.11. The van der Waals surface area contributed by atoms with Crippen molar-refractivity contribution in [3.63, 3.8) is 0 Å². The zero-order valence-electron chi connectivity index (χ0n) is 10.8. The van der Waals surface area contributed by atoms with Gasteiger partial charge in [0.05, 0.1) is 27.5 Å². The summed E-state index contributed by atoms with van der Waals surface area (Å²) in [6.07, 6.45) is 1.67. The van der Waals surface area contributed by atoms with Crippen LogP contribution in [0.1, 0.15) is 0 Å². The van der Waals surface area contributed by atoms with E-state index in [0.717, 1.165) is 16.9 Å². The number of nitrogens with zero attached hydrogens (tertiary/aromatic N) is 3. The van der Waals surface area contributed by atoms with Gasteiger partial charge in [0, 0.05) is 17.7 Å². The zero-order valence-corrected chi connectivity index (χ0v) is 11.6. The summed E-state index contributed by atoms with van der Waals surface area (Å²) in [5, 5.41) is 15.6. The van der Waals surface area contributed by atoms with Gasteiger partial charge in [-0.25, -0.2) is 4.68 Å². The molecule has 0 aliphatic rings. The molecule has 1 heterocycles. The molecule has 0 atom stereocenters. The van der Waals surface area contributed by atoms with E-state index >= 15 is 0 Å². The van der Waals surface area contributed by atoms with Crippen molar-refractivity contribution in [3.8, 4) is 16.9 Å². The molecule has 3 aromatic rings. The summed E-state index contributed by atoms with van der Waals surface area (Å²) in [4.78, 5) is 10.3. The first kappa shape index (κ1) is 13.3. The molecule has 0 fully saturated rings. The van der Waals surface area contributed by atoms with Crippen LogP contribution in [0.3, 0.4) is 0 Å². The summed E-state index contributed by atoms with van der Waals surface area (Å²) >= 11 is 6.19. The Morgan fingerprint density at radius 2 is 1.76 bits per heavy atom. The van der Waals surface area contributed by atoms with Crippen molar-refractivity contribution >= 4 is 17.3 Å². The Kier molecular flexibility index (Phi) is 3.41. The van der Waals surface area contributed by atoms with Crippen molar-refractivity contribution in [3.05, 3.63) is 75.9 Å². The van der Waals surface area contributed by atoms with Gasteiger partial charge < -0.3 is 0 Å². The Labute approximate surface area is 125 Å². The quantitative estimate of drug-likeness (QED) is 0.540. The van der Waals surface area contributed by atoms with E-state index in [-0.39, 0.29) is 5.69 Å². The molecule has 0 saturated carbocycles. The lowest BCUT2D eigenvalue weighted by atomic mass is 10.1. The molecule has 104 valence electrons. The Bertz CT molecular complexity index is 797. The summed E-state index contributed by atoms with van der Waals surface area (Å²) in [6.45, 7) is 0. The summed E-state index contributed by atoms with van der Waals surface area (Å²) < 4.78 is 1.71. The highest BCUT2D eigenvalue weighted by atomic mass is 35.5. The fourth-order valence-corrected chi connectivity index (χ4v) is 2.31. The van der Waals surface area contributed by atoms with E-state index in [9.17, 15) is 10.1 Å². The number of hydrogen-bond donors (Lipinski definition) is 0. The molecule has 2 aromatic carbocycles. The van der Waals surface area contributed by atoms with Crippen LogP contribution in [0.25, 0.3) is 16.9 Å². The number of nitro groups is 1. The number of non-ortho nitro benzene ring substituents is 1. The topological polar surface area (TPSA) is 61.0 Å². The second kappa shape index (κ2) is 5.38. The van der Waals surface area contributed by atoms with Crippen molar-refractivity contribution in [2.45, 2.75) is 0 Å². The van der Waals surface area contributed by atoms with Gasteiger partial charge in [0.1, 0.15) is 0 Å². The molecular weight excluding hydrogens is 290 g/mol. The Morgan fingerprint density at radius 1 is 1.05 bits per heavy atom. The Balaban J connectivity index is 2.07. The fraction of sp³-hybridized carbons (Fsp3) is 0. The number of halogens is 1. The summed E-state index contributed by atoms with van der Waals surface area (Å²) in [7, 11) is 0. The molecule has 0 unspecified atom stereocenters. The first-order valence-corrected chi connectivity index (χ1v) is 6.58. The fourth-order valence-electron chi connectivity index (χ4n) is 2.09. The number of nitro benzene ring substituents is 1. The van der Waals surface area contributed by atoms with E-state index in [2.05, 4.69) is 5.10 Å². The van der Waals surface area contributed by atoms with Crippen molar-refractivity contribution in [2.75, 3.05) is 0 Å². The second-order valence-corrected chi connectivity index (χ2v) is 4.79. The third kappa shape index (κ3) is 2.51. The SMILES string of the molecule is O=[N+]([O-])c1ccc(-c2ccnn2-c2ccccc2Cl)cc1. The minimum absolute atomic E-state index is 0.0579. The number of aromatic nitrogens is 2. The lowest BCUT2D eigenvalue weighted by molar-refractivity contribution is -0.384. The molecule has 0 aliphatic carbocycles. The van der Waals surface area contributed by atoms with Gasteiger partial charge in [0.15, 0.2) is 0 Å². The molecule has 0 N–H and O–H groups in total. The van der Waals surface area contributed by atoms with Gasteiger partial charge in [-0.05, 0) is 30.3 Å². The third-order valence-corrected chi connectivity index (χ3v) is 3.42. The van der Waals surface area contributed by atoms with E-state index in [0.29, 0.717) is 5.02 Å². The highest BCUT2D eigenvalue weighted by Crippen LogP contribution is 2.27. The van der Waals surface area contributed by atoms with Gasteiger partial charge in [-0.15, -0.1) is 0 Å². The standard InChI is InChI=1S/C15H10ClN3O2/c16-13-3-1-2-4-15(13)18-14(9-10-17-18)11-5-7-12(8-6-11)19(20)21/h1-10H. The lowest BCUT2D eigenvalue weighted by Gasteiger charge is -2.09. The summed E-state index contributed by atoms with van der Waals surface area (Å²) in [5.74, 6) is 0. The van der Waals surface area contributed by atoms with Crippen LogP contribution in [0.5, 0.6) is 0 Å². The monoisotopic (exact) mass is 299 g/mol. The molecule has 5 nitrogen and oxygen atoms in total. The molecule has 6 heteroatoms. The molecule has 3 rings (SSSR count). The molecule has 0 spiro atoms. The second-order valence-electron chi connectivity index (χ2n) is 4.38. The van der Waals surface area contributed by atoms with Gasteiger partial charge in [-0.3, -0.25) is 10.1 Å². The van der Waals surface area contributed by atoms with Crippen LogP contribution >= 0.6 is 11.6 Å². The van der Waals surface area contributed by atoms with Gasteiger partial charge in [-0.1, -0.05) is 23.7 Å². The highest BCUT2D eigenvalue weighted by molar-refractivity contribution is 6.32. The minimum atomic E-state index is -0.421. The normalized spacial score (nSPS) is 10.5. The largest absolute Gasteiger partial charge is 0.269 e. The minimum Gasteiger partial charge on any atom is -0.258 e. The van der Waals surface area contributed by atoms with Crippen LogP contribution in [-0.2, 0) is 0 Å². The van der Waals surface area contributed by atoms with Crippen molar-refractivity contribution in [2.24, 2.45) is 0 Å². The van der Waals surface area contributed by atoms with E-state index in [1.807, 2.05) is 24.3 Å². The number of rotatable bonds is 3. The zero-order chi connectivity index (χ0) is 14.8. The molecule has 0 saturated heterocycles. The van der Waals surface area contributed by atoms with E-state index in [1.54, 1.807) is 29.1 Å². The van der Waals surface area contributed by atoms with Gasteiger partial charge in [0.25, 0.3) is 5.69 Å². The molecule has 21 heavy (non-hydrogen) atoms. The molecule has 1 aromatic heterocycles. The van der Waals surface area contributed by atoms with Crippen LogP contribution in [-0.4, -0.2) is 14.7 Å². The summed E-state index contributed by atoms with van der Waals surface area (Å²) in [5.41, 5.74) is 2.47. The lowest BCUT2D eigenvalue weighted by Crippen LogP contribution is -1.99. The smallest absolute Gasteiger partial charge is 0.258 e. The average Bonchev–Trinajstić information content (AvgIpc) is 2.97. The van der Waals surface area contributed by atoms with Crippen LogP contribution < -0.4 is 0 Å². The van der Waals surface area contributed by atoms with Crippen LogP contribution in [0.15, 0.2) is 60.8 Å². The predicted molar refractivity (Wildman–Crippen MR) is 80.7 cm³/mol. The number of hydrogen-bond acceptors (Lipinski definition) is 3. The van der Waals surface area contributed by atoms with Crippen molar-refractivity contribution in [1.29, 1.82) is 0 Å². The van der Waals surface area contributed by atoms with E-state index in [4.69, 9.17) is 11.6 Å². The maximum Gasteiger partial charge on any atom is 0.269 e. The van der Waals surface area contributed by atoms with Crippen molar-refractivity contribution in [1.82, 2.24) is 9.78 Å². The first-order valence-electron chi connectivity index (χ1n) is 6.20. The van der Waals surface area contributed by atoms with Crippen LogP contribution in [0.4, 0.5) is 5.69 Å². The molecule has 0 aliphatic heterocycles. The average molecular weight is 300 g/mol. The Hall–Kier alpha value is -2.66. The van der Waals surface area contributed by atoms with Gasteiger partial charge in [0.2, 0.25) is 0 Å². The maximum atomic E-state index is 10.7. The first-order chi connectivity index (χ1) is 10.2. The van der Waals surface area contributed by atoms with Crippen molar-refractivity contribution < 1.29 is 4.92 Å². The van der Waals surface area contributed by atoms with E-state index < -0.39 is 4.92 Å². The van der Waals surface area contributed by atoms with E-state index in [1.165, 1.54) is 12.1 Å². The molecule has 0 bridgehead atoms. The molecule has 0 amide bonds. The summed E-state index contributed by atoms with van der Waals surface area (Å²) in [6, 6.07) is 15.6. The van der Waals surface area contributed by atoms with Crippen LogP contribution in [0, 0.1) is 10.1 Å². The van der Waals surface area contributed by atoms with Crippen LogP contribution in [0.2, 0.25) is 5.02 Å².